The first kappa shape index (κ1) is 18.1. The fraction of sp³-hybridized carbons (Fsp3) is 0.500. The summed E-state index contributed by atoms with van der Waals surface area (Å²) >= 11 is 0. The van der Waals surface area contributed by atoms with Gasteiger partial charge in [0.2, 0.25) is 5.91 Å². The summed E-state index contributed by atoms with van der Waals surface area (Å²) in [6.45, 7) is 3.23. The summed E-state index contributed by atoms with van der Waals surface area (Å²) in [5.41, 5.74) is 1.62. The molecule has 2 aliphatic rings. The van der Waals surface area contributed by atoms with Crippen LogP contribution < -0.4 is 0 Å². The van der Waals surface area contributed by atoms with Crippen molar-refractivity contribution in [3.8, 4) is 11.3 Å². The van der Waals surface area contributed by atoms with E-state index in [-0.39, 0.29) is 23.9 Å². The van der Waals surface area contributed by atoms with Crippen LogP contribution in [0.2, 0.25) is 0 Å². The maximum Gasteiger partial charge on any atom is 0.248 e. The van der Waals surface area contributed by atoms with Crippen molar-refractivity contribution in [3.63, 3.8) is 0 Å². The van der Waals surface area contributed by atoms with Crippen molar-refractivity contribution in [2.75, 3.05) is 40.4 Å². The number of amides is 1. The molecule has 7 heteroatoms. The van der Waals surface area contributed by atoms with E-state index in [4.69, 9.17) is 9.72 Å². The number of hydrogen-bond donors (Lipinski definition) is 0. The van der Waals surface area contributed by atoms with Crippen LogP contribution in [0.25, 0.3) is 11.3 Å². The molecule has 0 aliphatic carbocycles. The van der Waals surface area contributed by atoms with E-state index in [1.54, 1.807) is 19.2 Å². The summed E-state index contributed by atoms with van der Waals surface area (Å²) in [5.74, 6) is 0.819. The third-order valence-electron chi connectivity index (χ3n) is 5.99. The molecule has 27 heavy (non-hydrogen) atoms. The molecule has 4 rings (SSSR count). The molecule has 1 spiro atoms. The standard InChI is InChI=1S/C20H25FN4O2/c1-23-10-11-25-17(15-4-3-5-16(21)12-15)13-22-19(25)20(23)6-8-24(9-7-20)18(26)14-27-2/h3-5,12-13H,6-11,14H2,1-2H3. The SMILES string of the molecule is COCC(=O)N1CCC2(CC1)c1ncc(-c3cccc(F)c3)n1CCN2C. The quantitative estimate of drug-likeness (QED) is 0.828. The van der Waals surface area contributed by atoms with E-state index >= 15 is 0 Å². The molecule has 1 fully saturated rings. The monoisotopic (exact) mass is 372 g/mol. The molecule has 0 unspecified atom stereocenters. The van der Waals surface area contributed by atoms with Crippen molar-refractivity contribution in [3.05, 3.63) is 42.1 Å². The molecule has 1 amide bonds. The van der Waals surface area contributed by atoms with Gasteiger partial charge < -0.3 is 14.2 Å². The summed E-state index contributed by atoms with van der Waals surface area (Å²) in [5, 5.41) is 0. The molecule has 1 saturated heterocycles. The highest BCUT2D eigenvalue weighted by atomic mass is 19.1. The number of benzene rings is 1. The van der Waals surface area contributed by atoms with Gasteiger partial charge >= 0.3 is 0 Å². The van der Waals surface area contributed by atoms with E-state index in [1.165, 1.54) is 6.07 Å². The number of carbonyl (C=O) groups is 1. The lowest BCUT2D eigenvalue weighted by atomic mass is 9.83. The highest BCUT2D eigenvalue weighted by Crippen LogP contribution is 2.41. The molecule has 1 aromatic heterocycles. The minimum atomic E-state index is -0.240. The van der Waals surface area contributed by atoms with Gasteiger partial charge in [-0.25, -0.2) is 9.37 Å². The first-order valence-corrected chi connectivity index (χ1v) is 9.35. The number of halogens is 1. The third kappa shape index (κ3) is 3.04. The Morgan fingerprint density at radius 3 is 2.74 bits per heavy atom. The van der Waals surface area contributed by atoms with Crippen LogP contribution in [0.1, 0.15) is 18.7 Å². The first-order valence-electron chi connectivity index (χ1n) is 9.35. The van der Waals surface area contributed by atoms with Crippen LogP contribution in [0, 0.1) is 5.82 Å². The van der Waals surface area contributed by atoms with Crippen molar-refractivity contribution in [2.24, 2.45) is 0 Å². The molecule has 1 aromatic carbocycles. The van der Waals surface area contributed by atoms with E-state index in [0.29, 0.717) is 13.1 Å². The van der Waals surface area contributed by atoms with Gasteiger partial charge in [-0.2, -0.15) is 0 Å². The number of carbonyl (C=O) groups excluding carboxylic acids is 1. The van der Waals surface area contributed by atoms with Crippen LogP contribution in [-0.2, 0) is 21.6 Å². The van der Waals surface area contributed by atoms with Crippen molar-refractivity contribution >= 4 is 5.91 Å². The molecule has 3 heterocycles. The number of ether oxygens (including phenoxy) is 1. The molecule has 2 aliphatic heterocycles. The fourth-order valence-corrected chi connectivity index (χ4v) is 4.43. The zero-order valence-corrected chi connectivity index (χ0v) is 15.8. The summed E-state index contributed by atoms with van der Waals surface area (Å²) < 4.78 is 20.9. The summed E-state index contributed by atoms with van der Waals surface area (Å²) in [7, 11) is 3.68. The van der Waals surface area contributed by atoms with Gasteiger partial charge in [-0.3, -0.25) is 9.69 Å². The van der Waals surface area contributed by atoms with Gasteiger partial charge in [0.15, 0.2) is 0 Å². The van der Waals surface area contributed by atoms with Crippen molar-refractivity contribution < 1.29 is 13.9 Å². The molecule has 2 aromatic rings. The Hall–Kier alpha value is -2.25. The molecule has 0 N–H and O–H groups in total. The highest BCUT2D eigenvalue weighted by molar-refractivity contribution is 5.77. The van der Waals surface area contributed by atoms with E-state index in [2.05, 4.69) is 16.5 Å². The molecule has 0 radical (unpaired) electrons. The van der Waals surface area contributed by atoms with E-state index in [9.17, 15) is 9.18 Å². The second kappa shape index (κ2) is 7.05. The van der Waals surface area contributed by atoms with E-state index in [0.717, 1.165) is 43.0 Å². The average molecular weight is 372 g/mol. The number of rotatable bonds is 3. The number of fused-ring (bicyclic) bond motifs is 2. The van der Waals surface area contributed by atoms with Crippen LogP contribution >= 0.6 is 0 Å². The van der Waals surface area contributed by atoms with Crippen LogP contribution in [-0.4, -0.2) is 65.7 Å². The Morgan fingerprint density at radius 1 is 1.26 bits per heavy atom. The van der Waals surface area contributed by atoms with Crippen molar-refractivity contribution in [1.29, 1.82) is 0 Å². The Labute approximate surface area is 158 Å². The molecule has 144 valence electrons. The van der Waals surface area contributed by atoms with E-state index in [1.807, 2.05) is 17.2 Å². The summed E-state index contributed by atoms with van der Waals surface area (Å²) in [6, 6.07) is 6.67. The van der Waals surface area contributed by atoms with Gasteiger partial charge in [-0.05, 0) is 32.0 Å². The van der Waals surface area contributed by atoms with Gasteiger partial charge in [-0.15, -0.1) is 0 Å². The van der Waals surface area contributed by atoms with Crippen molar-refractivity contribution in [1.82, 2.24) is 19.4 Å². The number of aromatic nitrogens is 2. The lowest BCUT2D eigenvalue weighted by Gasteiger charge is -2.49. The molecule has 0 saturated carbocycles. The maximum absolute atomic E-state index is 13.7. The lowest BCUT2D eigenvalue weighted by molar-refractivity contribution is -0.138. The number of nitrogens with zero attached hydrogens (tertiary/aromatic N) is 4. The van der Waals surface area contributed by atoms with Gasteiger partial charge in [0.1, 0.15) is 18.2 Å². The Balaban J connectivity index is 1.65. The largest absolute Gasteiger partial charge is 0.375 e. The summed E-state index contributed by atoms with van der Waals surface area (Å²) in [4.78, 5) is 21.2. The second-order valence-electron chi connectivity index (χ2n) is 7.40. The molecule has 6 nitrogen and oxygen atoms in total. The zero-order chi connectivity index (χ0) is 19.0. The number of hydrogen-bond acceptors (Lipinski definition) is 4. The number of methoxy groups -OCH3 is 1. The minimum absolute atomic E-state index is 0.0367. The molecule has 0 bridgehead atoms. The minimum Gasteiger partial charge on any atom is -0.375 e. The Morgan fingerprint density at radius 2 is 2.04 bits per heavy atom. The fourth-order valence-electron chi connectivity index (χ4n) is 4.43. The molecule has 0 atom stereocenters. The number of likely N-dealkylation sites (tertiary alicyclic amines) is 1. The van der Waals surface area contributed by atoms with Crippen LogP contribution in [0.4, 0.5) is 4.39 Å². The third-order valence-corrected chi connectivity index (χ3v) is 5.99. The molecular weight excluding hydrogens is 347 g/mol. The normalized spacial score (nSPS) is 19.3. The Kier molecular flexibility index (Phi) is 4.74. The number of imidazole rings is 1. The zero-order valence-electron chi connectivity index (χ0n) is 15.8. The van der Waals surface area contributed by atoms with Gasteiger partial charge in [-0.1, -0.05) is 12.1 Å². The predicted octanol–water partition coefficient (Wildman–Crippen LogP) is 2.10. The predicted molar refractivity (Wildman–Crippen MR) is 99.6 cm³/mol. The number of piperidine rings is 1. The second-order valence-corrected chi connectivity index (χ2v) is 7.40. The number of likely N-dealkylation sites (N-methyl/N-ethyl adjacent to an activating group) is 1. The Bertz CT molecular complexity index is 842. The first-order chi connectivity index (χ1) is 13.0. The van der Waals surface area contributed by atoms with Gasteiger partial charge in [0.25, 0.3) is 0 Å². The van der Waals surface area contributed by atoms with Crippen LogP contribution in [0.3, 0.4) is 0 Å². The molecular formula is C20H25FN4O2. The summed E-state index contributed by atoms with van der Waals surface area (Å²) in [6.07, 6.45) is 3.52. The van der Waals surface area contributed by atoms with E-state index < -0.39 is 0 Å². The average Bonchev–Trinajstić information content (AvgIpc) is 3.11. The smallest absolute Gasteiger partial charge is 0.248 e. The van der Waals surface area contributed by atoms with Gasteiger partial charge in [0, 0.05) is 38.9 Å². The van der Waals surface area contributed by atoms with Crippen LogP contribution in [0.15, 0.2) is 30.5 Å². The highest BCUT2D eigenvalue weighted by Gasteiger charge is 2.46. The lowest BCUT2D eigenvalue weighted by Crippen LogP contribution is -2.57. The van der Waals surface area contributed by atoms with Gasteiger partial charge in [0.05, 0.1) is 17.4 Å². The van der Waals surface area contributed by atoms with Crippen LogP contribution in [0.5, 0.6) is 0 Å². The van der Waals surface area contributed by atoms with Crippen molar-refractivity contribution in [2.45, 2.75) is 24.9 Å². The maximum atomic E-state index is 13.7. The topological polar surface area (TPSA) is 50.6 Å².